The van der Waals surface area contributed by atoms with E-state index in [9.17, 15) is 5.11 Å². The largest absolute Gasteiger partial charge is 0.507 e. The Morgan fingerprint density at radius 3 is 3.00 bits per heavy atom. The van der Waals surface area contributed by atoms with Crippen LogP contribution in [0.25, 0.3) is 11.5 Å². The van der Waals surface area contributed by atoms with Gasteiger partial charge in [0.2, 0.25) is 0 Å². The number of halogens is 1. The molecule has 2 rings (SSSR count). The SMILES string of the molecule is CCCSCc1noc(-c2ccc(Br)cc2O)n1. The number of hydrogen-bond donors (Lipinski definition) is 1. The van der Waals surface area contributed by atoms with Crippen molar-refractivity contribution in [1.29, 1.82) is 0 Å². The Bertz CT molecular complexity index is 531. The number of phenols is 1. The second-order valence-corrected chi connectivity index (χ2v) is 5.75. The fourth-order valence-corrected chi connectivity index (χ4v) is 2.50. The summed E-state index contributed by atoms with van der Waals surface area (Å²) in [5.74, 6) is 2.95. The van der Waals surface area contributed by atoms with E-state index in [2.05, 4.69) is 33.0 Å². The highest BCUT2D eigenvalue weighted by Crippen LogP contribution is 2.30. The van der Waals surface area contributed by atoms with Crippen LogP contribution < -0.4 is 0 Å². The van der Waals surface area contributed by atoms with Gasteiger partial charge in [0, 0.05) is 4.47 Å². The minimum Gasteiger partial charge on any atom is -0.507 e. The maximum Gasteiger partial charge on any atom is 0.261 e. The Labute approximate surface area is 118 Å². The van der Waals surface area contributed by atoms with E-state index in [-0.39, 0.29) is 5.75 Å². The molecule has 18 heavy (non-hydrogen) atoms. The summed E-state index contributed by atoms with van der Waals surface area (Å²) in [6.07, 6.45) is 1.13. The monoisotopic (exact) mass is 328 g/mol. The number of hydrogen-bond acceptors (Lipinski definition) is 5. The lowest BCUT2D eigenvalue weighted by Crippen LogP contribution is -1.85. The third kappa shape index (κ3) is 3.26. The zero-order valence-corrected chi connectivity index (χ0v) is 12.3. The first kappa shape index (κ1) is 13.4. The second kappa shape index (κ2) is 6.24. The molecule has 96 valence electrons. The smallest absolute Gasteiger partial charge is 0.261 e. The number of aromatic nitrogens is 2. The molecule has 1 aromatic carbocycles. The number of benzene rings is 1. The normalized spacial score (nSPS) is 10.8. The molecule has 6 heteroatoms. The number of nitrogens with zero attached hydrogens (tertiary/aromatic N) is 2. The summed E-state index contributed by atoms with van der Waals surface area (Å²) in [5.41, 5.74) is 0.553. The lowest BCUT2D eigenvalue weighted by atomic mass is 10.2. The van der Waals surface area contributed by atoms with Gasteiger partial charge in [-0.05, 0) is 30.4 Å². The van der Waals surface area contributed by atoms with Crippen molar-refractivity contribution in [3.63, 3.8) is 0 Å². The Kier molecular flexibility index (Phi) is 4.66. The van der Waals surface area contributed by atoms with Gasteiger partial charge in [-0.3, -0.25) is 0 Å². The first-order valence-corrected chi connectivity index (χ1v) is 7.54. The van der Waals surface area contributed by atoms with Crippen molar-refractivity contribution in [2.75, 3.05) is 5.75 Å². The molecular formula is C12H13BrN2O2S. The molecule has 0 fully saturated rings. The Morgan fingerprint density at radius 1 is 1.44 bits per heavy atom. The zero-order valence-electron chi connectivity index (χ0n) is 9.89. The van der Waals surface area contributed by atoms with E-state index in [1.807, 2.05) is 6.07 Å². The Balaban J connectivity index is 2.13. The molecule has 0 spiro atoms. The highest BCUT2D eigenvalue weighted by Gasteiger charge is 2.12. The molecule has 0 saturated heterocycles. The average molecular weight is 329 g/mol. The van der Waals surface area contributed by atoms with Gasteiger partial charge in [-0.2, -0.15) is 16.7 Å². The van der Waals surface area contributed by atoms with Gasteiger partial charge in [0.1, 0.15) is 5.75 Å². The lowest BCUT2D eigenvalue weighted by Gasteiger charge is -1.99. The van der Waals surface area contributed by atoms with Crippen LogP contribution in [0.5, 0.6) is 5.75 Å². The number of thioether (sulfide) groups is 1. The summed E-state index contributed by atoms with van der Waals surface area (Å²) >= 11 is 5.05. The number of phenolic OH excluding ortho intramolecular Hbond substituents is 1. The second-order valence-electron chi connectivity index (χ2n) is 3.73. The predicted octanol–water partition coefficient (Wildman–Crippen LogP) is 3.85. The molecule has 2 aromatic rings. The van der Waals surface area contributed by atoms with E-state index in [0.29, 0.717) is 17.3 Å². The first-order valence-electron chi connectivity index (χ1n) is 5.60. The molecule has 0 aliphatic rings. The molecular weight excluding hydrogens is 316 g/mol. The van der Waals surface area contributed by atoms with E-state index in [1.165, 1.54) is 0 Å². The third-order valence-corrected chi connectivity index (χ3v) is 3.89. The van der Waals surface area contributed by atoms with Crippen molar-refractivity contribution in [2.45, 2.75) is 19.1 Å². The quantitative estimate of drug-likeness (QED) is 0.845. The molecule has 4 nitrogen and oxygen atoms in total. The fourth-order valence-electron chi connectivity index (χ4n) is 1.42. The van der Waals surface area contributed by atoms with Crippen LogP contribution in [0.15, 0.2) is 27.2 Å². The van der Waals surface area contributed by atoms with Crippen LogP contribution in [0.3, 0.4) is 0 Å². The van der Waals surface area contributed by atoms with Crippen molar-refractivity contribution in [3.05, 3.63) is 28.5 Å². The fraction of sp³-hybridized carbons (Fsp3) is 0.333. The summed E-state index contributed by atoms with van der Waals surface area (Å²) < 4.78 is 5.96. The van der Waals surface area contributed by atoms with Crippen molar-refractivity contribution in [3.8, 4) is 17.2 Å². The lowest BCUT2D eigenvalue weighted by molar-refractivity contribution is 0.419. The molecule has 1 heterocycles. The van der Waals surface area contributed by atoms with Gasteiger partial charge < -0.3 is 9.63 Å². The minimum atomic E-state index is 0.126. The predicted molar refractivity (Wildman–Crippen MR) is 75.6 cm³/mol. The molecule has 0 atom stereocenters. The summed E-state index contributed by atoms with van der Waals surface area (Å²) in [6.45, 7) is 2.13. The van der Waals surface area contributed by atoms with E-state index < -0.39 is 0 Å². The van der Waals surface area contributed by atoms with E-state index >= 15 is 0 Å². The molecule has 0 unspecified atom stereocenters. The van der Waals surface area contributed by atoms with Crippen LogP contribution in [0.1, 0.15) is 19.2 Å². The van der Waals surface area contributed by atoms with Crippen LogP contribution >= 0.6 is 27.7 Å². The highest BCUT2D eigenvalue weighted by atomic mass is 79.9. The van der Waals surface area contributed by atoms with Gasteiger partial charge in [-0.25, -0.2) is 0 Å². The maximum absolute atomic E-state index is 9.81. The van der Waals surface area contributed by atoms with Crippen LogP contribution in [0, 0.1) is 0 Å². The van der Waals surface area contributed by atoms with Crippen LogP contribution in [-0.4, -0.2) is 21.0 Å². The molecule has 1 aromatic heterocycles. The molecule has 1 N–H and O–H groups in total. The summed E-state index contributed by atoms with van der Waals surface area (Å²) in [5, 5.41) is 13.7. The number of rotatable bonds is 5. The molecule has 0 radical (unpaired) electrons. The molecule has 0 aliphatic carbocycles. The molecule has 0 amide bonds. The molecule has 0 saturated carbocycles. The molecule has 0 aliphatic heterocycles. The van der Waals surface area contributed by atoms with E-state index in [1.54, 1.807) is 23.9 Å². The summed E-state index contributed by atoms with van der Waals surface area (Å²) in [4.78, 5) is 4.27. The summed E-state index contributed by atoms with van der Waals surface area (Å²) in [6, 6.07) is 5.17. The molecule has 0 bridgehead atoms. The standard InChI is InChI=1S/C12H13BrN2O2S/c1-2-5-18-7-11-14-12(17-15-11)9-4-3-8(13)6-10(9)16/h3-4,6,16H,2,5,7H2,1H3. The Hall–Kier alpha value is -1.01. The van der Waals surface area contributed by atoms with Crippen molar-refractivity contribution in [1.82, 2.24) is 10.1 Å². The van der Waals surface area contributed by atoms with Crippen LogP contribution in [-0.2, 0) is 5.75 Å². The van der Waals surface area contributed by atoms with Crippen molar-refractivity contribution in [2.24, 2.45) is 0 Å². The topological polar surface area (TPSA) is 59.2 Å². The van der Waals surface area contributed by atoms with Crippen LogP contribution in [0.4, 0.5) is 0 Å². The van der Waals surface area contributed by atoms with Gasteiger partial charge in [-0.15, -0.1) is 0 Å². The average Bonchev–Trinajstić information content (AvgIpc) is 2.78. The van der Waals surface area contributed by atoms with Gasteiger partial charge in [0.25, 0.3) is 5.89 Å². The number of aromatic hydroxyl groups is 1. The third-order valence-electron chi connectivity index (χ3n) is 2.24. The van der Waals surface area contributed by atoms with Gasteiger partial charge in [0.15, 0.2) is 5.82 Å². The maximum atomic E-state index is 9.81. The van der Waals surface area contributed by atoms with Gasteiger partial charge in [0.05, 0.1) is 11.3 Å². The minimum absolute atomic E-state index is 0.126. The van der Waals surface area contributed by atoms with E-state index in [0.717, 1.165) is 22.4 Å². The Morgan fingerprint density at radius 2 is 2.28 bits per heavy atom. The van der Waals surface area contributed by atoms with Gasteiger partial charge in [-0.1, -0.05) is 28.0 Å². The first-order chi connectivity index (χ1) is 8.70. The van der Waals surface area contributed by atoms with Gasteiger partial charge >= 0.3 is 0 Å². The zero-order chi connectivity index (χ0) is 13.0. The highest BCUT2D eigenvalue weighted by molar-refractivity contribution is 9.10. The van der Waals surface area contributed by atoms with Crippen molar-refractivity contribution < 1.29 is 9.63 Å². The van der Waals surface area contributed by atoms with Crippen molar-refractivity contribution >= 4 is 27.7 Å². The van der Waals surface area contributed by atoms with Crippen LogP contribution in [0.2, 0.25) is 0 Å². The van der Waals surface area contributed by atoms with E-state index in [4.69, 9.17) is 4.52 Å². The summed E-state index contributed by atoms with van der Waals surface area (Å²) in [7, 11) is 0.